The topological polar surface area (TPSA) is 38.9 Å². The molecule has 0 spiro atoms. The third-order valence-corrected chi connectivity index (χ3v) is 1.69. The number of rotatable bonds is 0. The van der Waals surface area contributed by atoms with Crippen LogP contribution < -0.4 is 5.73 Å². The Labute approximate surface area is 71.0 Å². The number of anilines is 1. The molecule has 0 radical (unpaired) electrons. The summed E-state index contributed by atoms with van der Waals surface area (Å²) in [5, 5.41) is 0.917. The maximum absolute atomic E-state index is 5.60. The molecule has 1 aromatic carbocycles. The van der Waals surface area contributed by atoms with Crippen molar-refractivity contribution in [2.24, 2.45) is 0 Å². The van der Waals surface area contributed by atoms with Crippen LogP contribution in [0.5, 0.6) is 0 Å². The second kappa shape index (κ2) is 2.38. The van der Waals surface area contributed by atoms with E-state index in [1.165, 1.54) is 0 Å². The number of aromatic nitrogens is 1. The Morgan fingerprint density at radius 1 is 1.33 bits per heavy atom. The van der Waals surface area contributed by atoms with Crippen LogP contribution in [0, 0.1) is 19.1 Å². The fourth-order valence-electron chi connectivity index (χ4n) is 1.12. The molecule has 0 saturated heterocycles. The van der Waals surface area contributed by atoms with E-state index in [9.17, 15) is 0 Å². The maximum Gasteiger partial charge on any atom is 0.0879 e. The Morgan fingerprint density at radius 2 is 2.17 bits per heavy atom. The molecular formula is C10H8N2. The molecule has 0 aliphatic heterocycles. The first-order chi connectivity index (χ1) is 5.75. The second-order valence-corrected chi connectivity index (χ2v) is 2.72. The van der Waals surface area contributed by atoms with Gasteiger partial charge in [0.2, 0.25) is 0 Å². The van der Waals surface area contributed by atoms with E-state index in [2.05, 4.69) is 17.1 Å². The molecule has 12 heavy (non-hydrogen) atoms. The minimum atomic E-state index is 0.734. The van der Waals surface area contributed by atoms with Gasteiger partial charge in [-0.2, -0.15) is 0 Å². The van der Waals surface area contributed by atoms with Crippen LogP contribution >= 0.6 is 0 Å². The van der Waals surface area contributed by atoms with E-state index in [1.54, 1.807) is 0 Å². The fourth-order valence-corrected chi connectivity index (χ4v) is 1.12. The Kier molecular flexibility index (Phi) is 1.38. The van der Waals surface area contributed by atoms with E-state index in [1.807, 2.05) is 25.1 Å². The molecule has 2 aromatic rings. The van der Waals surface area contributed by atoms with Gasteiger partial charge >= 0.3 is 0 Å². The second-order valence-electron chi connectivity index (χ2n) is 2.72. The van der Waals surface area contributed by atoms with Crippen LogP contribution in [0.3, 0.4) is 0 Å². The Balaban J connectivity index is 2.79. The predicted molar refractivity (Wildman–Crippen MR) is 48.6 cm³/mol. The molecule has 0 aliphatic carbocycles. The molecule has 2 rings (SSSR count). The van der Waals surface area contributed by atoms with E-state index in [0.717, 1.165) is 22.3 Å². The van der Waals surface area contributed by atoms with Crippen LogP contribution in [0.2, 0.25) is 0 Å². The molecule has 0 atom stereocenters. The lowest BCUT2D eigenvalue weighted by Crippen LogP contribution is -1.85. The van der Waals surface area contributed by atoms with Crippen LogP contribution in [0.4, 0.5) is 5.69 Å². The van der Waals surface area contributed by atoms with Crippen LogP contribution in [-0.4, -0.2) is 4.98 Å². The van der Waals surface area contributed by atoms with Crippen molar-refractivity contribution in [3.63, 3.8) is 0 Å². The van der Waals surface area contributed by atoms with Crippen molar-refractivity contribution in [1.29, 1.82) is 0 Å². The molecule has 1 heterocycles. The van der Waals surface area contributed by atoms with Crippen molar-refractivity contribution in [3.8, 4) is 0 Å². The van der Waals surface area contributed by atoms with Gasteiger partial charge in [-0.3, -0.25) is 0 Å². The zero-order chi connectivity index (χ0) is 8.55. The molecule has 2 nitrogen and oxygen atoms in total. The first-order valence-corrected chi connectivity index (χ1v) is 3.72. The van der Waals surface area contributed by atoms with E-state index in [-0.39, 0.29) is 0 Å². The SMILES string of the molecule is Cc1c#cc2cc(N)ccc2n1. The third-order valence-electron chi connectivity index (χ3n) is 1.69. The largest absolute Gasteiger partial charge is 0.399 e. The fraction of sp³-hybridized carbons (Fsp3) is 0.100. The average Bonchev–Trinajstić information content (AvgIpc) is 2.05. The van der Waals surface area contributed by atoms with E-state index < -0.39 is 0 Å². The van der Waals surface area contributed by atoms with Gasteiger partial charge in [0, 0.05) is 5.69 Å². The van der Waals surface area contributed by atoms with Gasteiger partial charge in [0.1, 0.15) is 0 Å². The number of nitrogen functional groups attached to an aromatic ring is 1. The highest BCUT2D eigenvalue weighted by Gasteiger charge is 1.93. The summed E-state index contributed by atoms with van der Waals surface area (Å²) in [6.45, 7) is 1.90. The van der Waals surface area contributed by atoms with Gasteiger partial charge in [0.05, 0.1) is 16.6 Å². The predicted octanol–water partition coefficient (Wildman–Crippen LogP) is 1.73. The number of fused-ring (bicyclic) bond motifs is 1. The van der Waals surface area contributed by atoms with E-state index in [4.69, 9.17) is 5.73 Å². The van der Waals surface area contributed by atoms with Gasteiger partial charge < -0.3 is 5.73 Å². The summed E-state index contributed by atoms with van der Waals surface area (Å²) in [5.41, 5.74) is 8.11. The lowest BCUT2D eigenvalue weighted by molar-refractivity contribution is 1.26. The van der Waals surface area contributed by atoms with Gasteiger partial charge in [-0.15, -0.1) is 0 Å². The molecule has 2 N–H and O–H groups in total. The molecule has 1 aromatic heterocycles. The summed E-state index contributed by atoms with van der Waals surface area (Å²) >= 11 is 0. The quantitative estimate of drug-likeness (QED) is 0.590. The smallest absolute Gasteiger partial charge is 0.0879 e. The lowest BCUT2D eigenvalue weighted by atomic mass is 10.2. The number of hydrogen-bond acceptors (Lipinski definition) is 2. The van der Waals surface area contributed by atoms with Gasteiger partial charge in [0.25, 0.3) is 0 Å². The zero-order valence-corrected chi connectivity index (χ0v) is 6.76. The van der Waals surface area contributed by atoms with E-state index >= 15 is 0 Å². The molecule has 0 fully saturated rings. The van der Waals surface area contributed by atoms with Gasteiger partial charge in [0.15, 0.2) is 0 Å². The Hall–Kier alpha value is -1.75. The molecule has 0 unspecified atom stereocenters. The van der Waals surface area contributed by atoms with Gasteiger partial charge in [-0.25, -0.2) is 4.98 Å². The minimum Gasteiger partial charge on any atom is -0.399 e. The number of hydrogen-bond donors (Lipinski definition) is 1. The first kappa shape index (κ1) is 6.93. The molecule has 0 saturated carbocycles. The molecule has 0 amide bonds. The minimum absolute atomic E-state index is 0.734. The summed E-state index contributed by atoms with van der Waals surface area (Å²) in [6.07, 6.45) is 0. The monoisotopic (exact) mass is 156 g/mol. The standard InChI is InChI=1S/C10H8N2/c1-7-2-3-8-6-9(11)4-5-10(8)12-7/h4-6H,11H2,1H3. The van der Waals surface area contributed by atoms with E-state index in [0.29, 0.717) is 0 Å². The van der Waals surface area contributed by atoms with Crippen LogP contribution in [-0.2, 0) is 0 Å². The van der Waals surface area contributed by atoms with Crippen LogP contribution in [0.1, 0.15) is 5.69 Å². The van der Waals surface area contributed by atoms with Crippen molar-refractivity contribution < 1.29 is 0 Å². The molecule has 58 valence electrons. The highest BCUT2D eigenvalue weighted by atomic mass is 14.7. The number of aryl methyl sites for hydroxylation is 1. The lowest BCUT2D eigenvalue weighted by Gasteiger charge is -1.95. The number of benzene rings is 1. The summed E-state index contributed by atoms with van der Waals surface area (Å²) in [6, 6.07) is 11.5. The summed E-state index contributed by atoms with van der Waals surface area (Å²) in [4.78, 5) is 4.27. The zero-order valence-electron chi connectivity index (χ0n) is 6.76. The van der Waals surface area contributed by atoms with Crippen LogP contribution in [0.25, 0.3) is 10.9 Å². The van der Waals surface area contributed by atoms with Crippen molar-refractivity contribution in [2.75, 3.05) is 5.73 Å². The maximum atomic E-state index is 5.60. The highest BCUT2D eigenvalue weighted by molar-refractivity contribution is 5.80. The Morgan fingerprint density at radius 3 is 3.00 bits per heavy atom. The average molecular weight is 156 g/mol. The van der Waals surface area contributed by atoms with Crippen LogP contribution in [0.15, 0.2) is 18.2 Å². The highest BCUT2D eigenvalue weighted by Crippen LogP contribution is 2.12. The summed E-state index contributed by atoms with van der Waals surface area (Å²) in [5.74, 6) is 0. The first-order valence-electron chi connectivity index (χ1n) is 3.72. The van der Waals surface area contributed by atoms with Gasteiger partial charge in [-0.05, 0) is 31.2 Å². The van der Waals surface area contributed by atoms with Crippen molar-refractivity contribution in [2.45, 2.75) is 6.92 Å². The normalized spacial score (nSPS) is 9.75. The number of nitrogens with zero attached hydrogens (tertiary/aromatic N) is 1. The molecule has 0 bridgehead atoms. The van der Waals surface area contributed by atoms with Crippen molar-refractivity contribution in [3.05, 3.63) is 36.0 Å². The Bertz CT molecular complexity index is 380. The molecular weight excluding hydrogens is 148 g/mol. The molecule has 2 heteroatoms. The number of nitrogens with two attached hydrogens (primary N) is 1. The van der Waals surface area contributed by atoms with Gasteiger partial charge in [-0.1, -0.05) is 6.07 Å². The summed E-state index contributed by atoms with van der Waals surface area (Å²) in [7, 11) is 0. The van der Waals surface area contributed by atoms with Crippen molar-refractivity contribution >= 4 is 16.6 Å². The summed E-state index contributed by atoms with van der Waals surface area (Å²) < 4.78 is 0. The molecule has 0 aliphatic rings. The third kappa shape index (κ3) is 1.06. The van der Waals surface area contributed by atoms with Crippen molar-refractivity contribution in [1.82, 2.24) is 4.98 Å².